The van der Waals surface area contributed by atoms with E-state index in [0.717, 1.165) is 21.8 Å². The summed E-state index contributed by atoms with van der Waals surface area (Å²) in [5.41, 5.74) is 0.771. The zero-order chi connectivity index (χ0) is 9.38. The van der Waals surface area contributed by atoms with E-state index in [4.69, 9.17) is 0 Å². The van der Waals surface area contributed by atoms with Crippen molar-refractivity contribution in [1.29, 1.82) is 0 Å². The minimum Gasteiger partial charge on any atom is -0.264 e. The summed E-state index contributed by atoms with van der Waals surface area (Å²) in [6.07, 6.45) is 7.19. The third-order valence-corrected chi connectivity index (χ3v) is 2.26. The Labute approximate surface area is 80.5 Å². The highest BCUT2D eigenvalue weighted by molar-refractivity contribution is 6.03. The number of nitrogens with zero attached hydrogens (tertiary/aromatic N) is 3. The minimum atomic E-state index is 0.771. The lowest BCUT2D eigenvalue weighted by Gasteiger charge is -1.99. The van der Waals surface area contributed by atoms with Gasteiger partial charge in [-0.2, -0.15) is 0 Å². The first-order chi connectivity index (χ1) is 6.95. The Morgan fingerprint density at radius 3 is 2.86 bits per heavy atom. The summed E-state index contributed by atoms with van der Waals surface area (Å²) in [6.45, 7) is 0. The predicted octanol–water partition coefficient (Wildman–Crippen LogP) is 2.18. The first-order valence-electron chi connectivity index (χ1n) is 4.38. The molecule has 0 saturated carbocycles. The zero-order valence-electron chi connectivity index (χ0n) is 7.38. The van der Waals surface area contributed by atoms with E-state index in [9.17, 15) is 0 Å². The second-order valence-corrected chi connectivity index (χ2v) is 3.10. The summed E-state index contributed by atoms with van der Waals surface area (Å²) in [5, 5.41) is 3.25. The molecule has 0 fully saturated rings. The molecule has 3 aromatic heterocycles. The van der Waals surface area contributed by atoms with Crippen LogP contribution in [0.15, 0.2) is 43.0 Å². The number of fused-ring (bicyclic) bond motifs is 3. The highest BCUT2D eigenvalue weighted by atomic mass is 14.8. The molecular formula is C11H7N3. The molecular weight excluding hydrogens is 174 g/mol. The number of aromatic nitrogens is 3. The van der Waals surface area contributed by atoms with Crippen molar-refractivity contribution in [1.82, 2.24) is 15.0 Å². The van der Waals surface area contributed by atoms with E-state index in [-0.39, 0.29) is 0 Å². The fourth-order valence-electron chi connectivity index (χ4n) is 1.58. The normalized spacial score (nSPS) is 10.9. The summed E-state index contributed by atoms with van der Waals surface area (Å²) < 4.78 is 0. The van der Waals surface area contributed by atoms with Gasteiger partial charge in [-0.25, -0.2) is 9.97 Å². The van der Waals surface area contributed by atoms with Crippen molar-refractivity contribution in [3.05, 3.63) is 43.0 Å². The van der Waals surface area contributed by atoms with Gasteiger partial charge in [0.25, 0.3) is 0 Å². The monoisotopic (exact) mass is 181 g/mol. The van der Waals surface area contributed by atoms with Gasteiger partial charge < -0.3 is 0 Å². The van der Waals surface area contributed by atoms with Crippen molar-refractivity contribution in [2.45, 2.75) is 0 Å². The molecule has 3 heterocycles. The van der Waals surface area contributed by atoms with Crippen LogP contribution in [0, 0.1) is 0 Å². The molecule has 0 unspecified atom stereocenters. The maximum Gasteiger partial charge on any atom is 0.159 e. The number of rotatable bonds is 0. The fraction of sp³-hybridized carbons (Fsp3) is 0. The topological polar surface area (TPSA) is 38.7 Å². The van der Waals surface area contributed by atoms with Crippen LogP contribution in [0.3, 0.4) is 0 Å². The van der Waals surface area contributed by atoms with Crippen LogP contribution in [0.25, 0.3) is 21.8 Å². The van der Waals surface area contributed by atoms with Crippen molar-refractivity contribution in [2.24, 2.45) is 0 Å². The lowest BCUT2D eigenvalue weighted by molar-refractivity contribution is 1.29. The molecule has 66 valence electrons. The van der Waals surface area contributed by atoms with Crippen molar-refractivity contribution < 1.29 is 0 Å². The molecule has 0 radical (unpaired) electrons. The van der Waals surface area contributed by atoms with Crippen LogP contribution in [-0.2, 0) is 0 Å². The lowest BCUT2D eigenvalue weighted by atomic mass is 10.1. The average molecular weight is 181 g/mol. The smallest absolute Gasteiger partial charge is 0.159 e. The van der Waals surface area contributed by atoms with Crippen LogP contribution in [-0.4, -0.2) is 15.0 Å². The summed E-state index contributed by atoms with van der Waals surface area (Å²) in [5.74, 6) is 0. The Morgan fingerprint density at radius 1 is 0.857 bits per heavy atom. The molecule has 0 aliphatic rings. The molecule has 0 amide bonds. The van der Waals surface area contributed by atoms with Gasteiger partial charge in [0.1, 0.15) is 0 Å². The molecule has 3 nitrogen and oxygen atoms in total. The zero-order valence-corrected chi connectivity index (χ0v) is 7.38. The van der Waals surface area contributed by atoms with Crippen molar-refractivity contribution in [2.75, 3.05) is 0 Å². The number of hydrogen-bond acceptors (Lipinski definition) is 3. The molecule has 0 spiro atoms. The standard InChI is InChI=1S/C11H7N3/c1-2-9-10-7-12-5-3-8(10)6-14-11(9)13-4-1/h1-7H. The SMILES string of the molecule is c1cnc2ncc3ccncc3c2c1. The van der Waals surface area contributed by atoms with Gasteiger partial charge in [0.2, 0.25) is 0 Å². The van der Waals surface area contributed by atoms with E-state index in [1.165, 1.54) is 0 Å². The Bertz CT molecular complexity index is 550. The van der Waals surface area contributed by atoms with E-state index in [2.05, 4.69) is 15.0 Å². The molecule has 0 saturated heterocycles. The van der Waals surface area contributed by atoms with Gasteiger partial charge in [0.05, 0.1) is 0 Å². The third-order valence-electron chi connectivity index (χ3n) is 2.26. The molecule has 0 N–H and O–H groups in total. The molecule has 3 aromatic rings. The van der Waals surface area contributed by atoms with Crippen LogP contribution < -0.4 is 0 Å². The second-order valence-electron chi connectivity index (χ2n) is 3.10. The maximum atomic E-state index is 4.27. The van der Waals surface area contributed by atoms with E-state index >= 15 is 0 Å². The molecule has 14 heavy (non-hydrogen) atoms. The molecule has 3 rings (SSSR count). The summed E-state index contributed by atoms with van der Waals surface area (Å²) in [4.78, 5) is 12.6. The highest BCUT2D eigenvalue weighted by Crippen LogP contribution is 2.20. The third kappa shape index (κ3) is 0.956. The van der Waals surface area contributed by atoms with Gasteiger partial charge in [-0.05, 0) is 18.2 Å². The lowest BCUT2D eigenvalue weighted by Crippen LogP contribution is -1.84. The average Bonchev–Trinajstić information content (AvgIpc) is 2.29. The first kappa shape index (κ1) is 7.38. The van der Waals surface area contributed by atoms with Crippen LogP contribution >= 0.6 is 0 Å². The van der Waals surface area contributed by atoms with E-state index < -0.39 is 0 Å². The van der Waals surface area contributed by atoms with Gasteiger partial charge in [0.15, 0.2) is 5.65 Å². The summed E-state index contributed by atoms with van der Waals surface area (Å²) in [7, 11) is 0. The molecule has 0 bridgehead atoms. The molecule has 0 aromatic carbocycles. The van der Waals surface area contributed by atoms with Crippen molar-refractivity contribution in [3.8, 4) is 0 Å². The largest absolute Gasteiger partial charge is 0.264 e. The second kappa shape index (κ2) is 2.73. The van der Waals surface area contributed by atoms with E-state index in [1.54, 1.807) is 12.4 Å². The van der Waals surface area contributed by atoms with Crippen LogP contribution in [0.2, 0.25) is 0 Å². The first-order valence-corrected chi connectivity index (χ1v) is 4.38. The fourth-order valence-corrected chi connectivity index (χ4v) is 1.58. The van der Waals surface area contributed by atoms with E-state index in [0.29, 0.717) is 0 Å². The quantitative estimate of drug-likeness (QED) is 0.499. The minimum absolute atomic E-state index is 0.771. The van der Waals surface area contributed by atoms with Gasteiger partial charge in [-0.1, -0.05) is 0 Å². The number of pyridine rings is 3. The predicted molar refractivity (Wildman–Crippen MR) is 54.8 cm³/mol. The van der Waals surface area contributed by atoms with Crippen molar-refractivity contribution >= 4 is 21.8 Å². The maximum absolute atomic E-state index is 4.27. The molecule has 0 atom stereocenters. The summed E-state index contributed by atoms with van der Waals surface area (Å²) in [6, 6.07) is 5.88. The Hall–Kier alpha value is -2.03. The van der Waals surface area contributed by atoms with Crippen LogP contribution in [0.1, 0.15) is 0 Å². The number of hydrogen-bond donors (Lipinski definition) is 0. The van der Waals surface area contributed by atoms with Gasteiger partial charge in [-0.3, -0.25) is 4.98 Å². The highest BCUT2D eigenvalue weighted by Gasteiger charge is 2.00. The summed E-state index contributed by atoms with van der Waals surface area (Å²) >= 11 is 0. The molecule has 0 aliphatic heterocycles. The van der Waals surface area contributed by atoms with Gasteiger partial charge in [-0.15, -0.1) is 0 Å². The van der Waals surface area contributed by atoms with Crippen LogP contribution in [0.4, 0.5) is 0 Å². The Kier molecular flexibility index (Phi) is 1.44. The van der Waals surface area contributed by atoms with Crippen LogP contribution in [0.5, 0.6) is 0 Å². The van der Waals surface area contributed by atoms with Gasteiger partial charge in [0, 0.05) is 40.9 Å². The van der Waals surface area contributed by atoms with Crippen molar-refractivity contribution in [3.63, 3.8) is 0 Å². The molecule has 3 heteroatoms. The molecule has 0 aliphatic carbocycles. The Balaban J connectivity index is 2.61. The van der Waals surface area contributed by atoms with E-state index in [1.807, 2.05) is 30.6 Å². The Morgan fingerprint density at radius 2 is 1.86 bits per heavy atom. The van der Waals surface area contributed by atoms with Gasteiger partial charge >= 0.3 is 0 Å².